The molecular weight excluding hydrogens is 449 g/mol. The van der Waals surface area contributed by atoms with Crippen LogP contribution in [0.15, 0.2) is 46.5 Å². The first-order valence-corrected chi connectivity index (χ1v) is 10.2. The molecule has 2 N–H and O–H groups in total. The van der Waals surface area contributed by atoms with Crippen LogP contribution in [0.25, 0.3) is 6.08 Å². The number of halogens is 2. The number of aromatic nitrogens is 3. The molecule has 1 aromatic heterocycles. The van der Waals surface area contributed by atoms with E-state index in [1.165, 1.54) is 13.2 Å². The number of carboxylic acids is 1. The van der Waals surface area contributed by atoms with Crippen molar-refractivity contribution in [1.82, 2.24) is 15.2 Å². The molecule has 30 heavy (non-hydrogen) atoms. The van der Waals surface area contributed by atoms with Crippen LogP contribution in [0.1, 0.15) is 17.0 Å². The van der Waals surface area contributed by atoms with E-state index in [0.29, 0.717) is 38.1 Å². The van der Waals surface area contributed by atoms with Crippen LogP contribution in [0.2, 0.25) is 10.0 Å². The number of benzene rings is 2. The summed E-state index contributed by atoms with van der Waals surface area (Å²) in [7, 11) is 1.51. The summed E-state index contributed by atoms with van der Waals surface area (Å²) in [6, 6.07) is 10.3. The zero-order valence-corrected chi connectivity index (χ0v) is 18.3. The number of aryl methyl sites for hydroxylation is 1. The lowest BCUT2D eigenvalue weighted by Gasteiger charge is -2.12. The second kappa shape index (κ2) is 9.88. The third kappa shape index (κ3) is 5.69. The number of aromatic amines is 1. The Labute approximate surface area is 187 Å². The second-order valence-corrected chi connectivity index (χ2v) is 7.91. The van der Waals surface area contributed by atoms with Gasteiger partial charge in [-0.05, 0) is 54.6 Å². The molecule has 0 amide bonds. The number of H-pyrrole nitrogens is 1. The predicted octanol–water partition coefficient (Wildman–Crippen LogP) is 5.23. The van der Waals surface area contributed by atoms with Gasteiger partial charge in [0.25, 0.3) is 0 Å². The molecule has 3 rings (SSSR count). The minimum atomic E-state index is -1.08. The van der Waals surface area contributed by atoms with Crippen LogP contribution in [0.4, 0.5) is 0 Å². The van der Waals surface area contributed by atoms with E-state index in [4.69, 9.17) is 32.7 Å². The van der Waals surface area contributed by atoms with E-state index in [-0.39, 0.29) is 11.5 Å². The van der Waals surface area contributed by atoms with Crippen molar-refractivity contribution >= 4 is 47.0 Å². The molecule has 2 aromatic carbocycles. The van der Waals surface area contributed by atoms with Crippen molar-refractivity contribution in [3.63, 3.8) is 0 Å². The molecule has 0 saturated carbocycles. The highest BCUT2D eigenvalue weighted by Crippen LogP contribution is 2.32. The molecule has 10 heteroatoms. The van der Waals surface area contributed by atoms with Crippen LogP contribution >= 0.6 is 35.0 Å². The summed E-state index contributed by atoms with van der Waals surface area (Å²) < 4.78 is 11.2. The molecule has 0 bridgehead atoms. The molecule has 0 aliphatic carbocycles. The molecular formula is C20H17Cl2N3O4S. The Kier molecular flexibility index (Phi) is 7.25. The number of methoxy groups -OCH3 is 1. The highest BCUT2D eigenvalue weighted by Gasteiger charge is 2.14. The number of rotatable bonds is 8. The Morgan fingerprint density at radius 1 is 1.23 bits per heavy atom. The zero-order chi connectivity index (χ0) is 21.7. The molecule has 0 spiro atoms. The first-order chi connectivity index (χ1) is 14.4. The number of nitrogens with zero attached hydrogens (tertiary/aromatic N) is 2. The Morgan fingerprint density at radius 2 is 2.03 bits per heavy atom. The zero-order valence-electron chi connectivity index (χ0n) is 16.0. The van der Waals surface area contributed by atoms with Crippen molar-refractivity contribution in [1.29, 1.82) is 0 Å². The summed E-state index contributed by atoms with van der Waals surface area (Å²) in [6.45, 7) is 1.96. The fourth-order valence-corrected chi connectivity index (χ4v) is 3.66. The van der Waals surface area contributed by atoms with E-state index in [2.05, 4.69) is 15.2 Å². The largest absolute Gasteiger partial charge is 0.493 e. The van der Waals surface area contributed by atoms with Crippen LogP contribution < -0.4 is 9.47 Å². The number of ether oxygens (including phenoxy) is 2. The molecule has 0 aliphatic heterocycles. The summed E-state index contributed by atoms with van der Waals surface area (Å²) in [5, 5.41) is 17.5. The molecule has 0 fully saturated rings. The van der Waals surface area contributed by atoms with Crippen LogP contribution in [0.3, 0.4) is 0 Å². The third-order valence-corrected chi connectivity index (χ3v) is 5.34. The van der Waals surface area contributed by atoms with Gasteiger partial charge in [0.2, 0.25) is 5.16 Å². The van der Waals surface area contributed by atoms with Gasteiger partial charge >= 0.3 is 5.97 Å². The topological polar surface area (TPSA) is 97.3 Å². The molecule has 0 radical (unpaired) electrons. The van der Waals surface area contributed by atoms with Gasteiger partial charge in [-0.25, -0.2) is 9.78 Å². The van der Waals surface area contributed by atoms with Crippen molar-refractivity contribution in [3.05, 3.63) is 68.3 Å². The smallest absolute Gasteiger partial charge is 0.342 e. The van der Waals surface area contributed by atoms with Crippen LogP contribution in [0, 0.1) is 6.92 Å². The van der Waals surface area contributed by atoms with Crippen molar-refractivity contribution in [2.24, 2.45) is 0 Å². The summed E-state index contributed by atoms with van der Waals surface area (Å²) >= 11 is 13.0. The normalized spacial score (nSPS) is 11.4. The molecule has 156 valence electrons. The molecule has 7 nitrogen and oxygen atoms in total. The van der Waals surface area contributed by atoms with Crippen molar-refractivity contribution in [2.45, 2.75) is 18.7 Å². The minimum Gasteiger partial charge on any atom is -0.493 e. The monoisotopic (exact) mass is 465 g/mol. The first kappa shape index (κ1) is 22.0. The van der Waals surface area contributed by atoms with Crippen molar-refractivity contribution < 1.29 is 19.4 Å². The fourth-order valence-electron chi connectivity index (χ4n) is 2.44. The van der Waals surface area contributed by atoms with Gasteiger partial charge in [-0.15, -0.1) is 5.10 Å². The lowest BCUT2D eigenvalue weighted by molar-refractivity contribution is -0.131. The van der Waals surface area contributed by atoms with Gasteiger partial charge in [0, 0.05) is 15.6 Å². The lowest BCUT2D eigenvalue weighted by Crippen LogP contribution is -1.99. The Morgan fingerprint density at radius 3 is 2.67 bits per heavy atom. The number of carboxylic acid groups (broad SMARTS) is 1. The maximum absolute atomic E-state index is 11.6. The highest BCUT2D eigenvalue weighted by atomic mass is 35.5. The number of carbonyl (C=O) groups is 1. The summed E-state index contributed by atoms with van der Waals surface area (Å²) in [6.07, 6.45) is 1.51. The average Bonchev–Trinajstić information content (AvgIpc) is 3.12. The predicted molar refractivity (Wildman–Crippen MR) is 116 cm³/mol. The Balaban J connectivity index is 1.79. The number of hydrogen-bond donors (Lipinski definition) is 2. The van der Waals surface area contributed by atoms with Gasteiger partial charge in [-0.1, -0.05) is 35.3 Å². The van der Waals surface area contributed by atoms with Gasteiger partial charge in [0.15, 0.2) is 11.5 Å². The van der Waals surface area contributed by atoms with Crippen LogP contribution in [0.5, 0.6) is 11.5 Å². The summed E-state index contributed by atoms with van der Waals surface area (Å²) in [5.41, 5.74) is 1.40. The Hall–Kier alpha value is -2.68. The number of thioether (sulfide) groups is 1. The van der Waals surface area contributed by atoms with E-state index in [9.17, 15) is 9.90 Å². The summed E-state index contributed by atoms with van der Waals surface area (Å²) in [5.74, 6) is 0.470. The fraction of sp³-hybridized carbons (Fsp3) is 0.150. The molecule has 3 aromatic rings. The average molecular weight is 466 g/mol. The standard InChI is InChI=1S/C20H17Cl2N3O4S/c1-11-23-20(25-24-11)30-18(19(26)27)8-12-3-6-16(17(7-12)28-2)29-10-13-4-5-14(21)9-15(13)22/h3-9H,10H2,1-2H3,(H,26,27)(H,23,24,25)/b18-8-. The van der Waals surface area contributed by atoms with Gasteiger partial charge in [0.05, 0.1) is 7.11 Å². The maximum atomic E-state index is 11.6. The molecule has 0 saturated heterocycles. The SMILES string of the molecule is COc1cc(/C=C(\Sc2n[nH]c(C)n2)C(=O)O)ccc1OCc1ccc(Cl)cc1Cl. The third-order valence-electron chi connectivity index (χ3n) is 3.87. The number of aliphatic carboxylic acids is 1. The van der Waals surface area contributed by atoms with Gasteiger partial charge < -0.3 is 14.6 Å². The van der Waals surface area contributed by atoms with Gasteiger partial charge in [-0.3, -0.25) is 5.10 Å². The van der Waals surface area contributed by atoms with Crippen LogP contribution in [-0.4, -0.2) is 33.4 Å². The van der Waals surface area contributed by atoms with E-state index in [0.717, 1.165) is 17.3 Å². The van der Waals surface area contributed by atoms with Crippen molar-refractivity contribution in [2.75, 3.05) is 7.11 Å². The van der Waals surface area contributed by atoms with Crippen LogP contribution in [-0.2, 0) is 11.4 Å². The molecule has 0 aliphatic rings. The van der Waals surface area contributed by atoms with Crippen molar-refractivity contribution in [3.8, 4) is 11.5 Å². The minimum absolute atomic E-state index is 0.0673. The Bertz CT molecular complexity index is 1100. The van der Waals surface area contributed by atoms with E-state index in [1.54, 1.807) is 43.3 Å². The molecule has 0 unspecified atom stereocenters. The summed E-state index contributed by atoms with van der Waals surface area (Å²) in [4.78, 5) is 15.8. The quantitative estimate of drug-likeness (QED) is 0.347. The molecule has 1 heterocycles. The highest BCUT2D eigenvalue weighted by molar-refractivity contribution is 8.04. The first-order valence-electron chi connectivity index (χ1n) is 8.62. The molecule has 0 atom stereocenters. The van der Waals surface area contributed by atoms with E-state index < -0.39 is 5.97 Å². The lowest BCUT2D eigenvalue weighted by atomic mass is 10.2. The van der Waals surface area contributed by atoms with E-state index >= 15 is 0 Å². The number of hydrogen-bond acceptors (Lipinski definition) is 6. The maximum Gasteiger partial charge on any atom is 0.342 e. The number of nitrogens with one attached hydrogen (secondary N) is 1. The second-order valence-electron chi connectivity index (χ2n) is 6.05. The van der Waals surface area contributed by atoms with E-state index in [1.807, 2.05) is 0 Å². The van der Waals surface area contributed by atoms with Gasteiger partial charge in [-0.2, -0.15) is 0 Å². The van der Waals surface area contributed by atoms with Gasteiger partial charge in [0.1, 0.15) is 17.3 Å².